The SMILES string of the molecule is O=C(O)[C@@H](Oc1ccc(Cl)cc1-n1nc2ccccc2n1)c1ccccc1. The van der Waals surface area contributed by atoms with Gasteiger partial charge in [0.15, 0.2) is 0 Å². The highest BCUT2D eigenvalue weighted by Gasteiger charge is 2.24. The van der Waals surface area contributed by atoms with Crippen LogP contribution in [0.15, 0.2) is 72.8 Å². The first-order chi connectivity index (χ1) is 13.1. The third-order valence-corrected chi connectivity index (χ3v) is 4.23. The number of fused-ring (bicyclic) bond motifs is 1. The van der Waals surface area contributed by atoms with Crippen LogP contribution in [0.25, 0.3) is 16.7 Å². The van der Waals surface area contributed by atoms with Gasteiger partial charge in [0.05, 0.1) is 0 Å². The van der Waals surface area contributed by atoms with Gasteiger partial charge >= 0.3 is 5.97 Å². The molecule has 0 aliphatic heterocycles. The Bertz CT molecular complexity index is 1080. The lowest BCUT2D eigenvalue weighted by Crippen LogP contribution is -2.19. The second-order valence-electron chi connectivity index (χ2n) is 5.84. The molecule has 0 aliphatic rings. The summed E-state index contributed by atoms with van der Waals surface area (Å²) in [6, 6.07) is 21.1. The van der Waals surface area contributed by atoms with E-state index in [1.165, 1.54) is 4.80 Å². The predicted octanol–water partition coefficient (Wildman–Crippen LogP) is 4.28. The van der Waals surface area contributed by atoms with Crippen LogP contribution >= 0.6 is 11.6 Å². The normalized spacial score (nSPS) is 12.0. The highest BCUT2D eigenvalue weighted by atomic mass is 35.5. The van der Waals surface area contributed by atoms with E-state index in [1.54, 1.807) is 42.5 Å². The Morgan fingerprint density at radius 3 is 2.22 bits per heavy atom. The predicted molar refractivity (Wildman–Crippen MR) is 101 cm³/mol. The summed E-state index contributed by atoms with van der Waals surface area (Å²) >= 11 is 6.14. The Labute approximate surface area is 159 Å². The van der Waals surface area contributed by atoms with E-state index in [4.69, 9.17) is 16.3 Å². The van der Waals surface area contributed by atoms with Crippen LogP contribution in [0.3, 0.4) is 0 Å². The van der Waals surface area contributed by atoms with Crippen LogP contribution in [0, 0.1) is 0 Å². The lowest BCUT2D eigenvalue weighted by molar-refractivity contribution is -0.145. The van der Waals surface area contributed by atoms with Gasteiger partial charge in [0.25, 0.3) is 0 Å². The molecule has 0 unspecified atom stereocenters. The quantitative estimate of drug-likeness (QED) is 0.560. The van der Waals surface area contributed by atoms with Gasteiger partial charge in [-0.2, -0.15) is 0 Å². The number of ether oxygens (including phenoxy) is 1. The second-order valence-corrected chi connectivity index (χ2v) is 6.27. The first-order valence-corrected chi connectivity index (χ1v) is 8.56. The van der Waals surface area contributed by atoms with E-state index in [2.05, 4.69) is 10.2 Å². The molecule has 0 aliphatic carbocycles. The minimum atomic E-state index is -1.17. The standard InChI is InChI=1S/C20H14ClN3O3/c21-14-10-11-18(27-19(20(25)26)13-6-2-1-3-7-13)17(12-14)24-22-15-8-4-5-9-16(15)23-24/h1-12,19H,(H,25,26)/t19-/m0/s1. The van der Waals surface area contributed by atoms with Crippen LogP contribution < -0.4 is 4.74 Å². The van der Waals surface area contributed by atoms with Crippen molar-refractivity contribution in [1.82, 2.24) is 15.0 Å². The van der Waals surface area contributed by atoms with Crippen molar-refractivity contribution < 1.29 is 14.6 Å². The van der Waals surface area contributed by atoms with Crippen molar-refractivity contribution in [1.29, 1.82) is 0 Å². The summed E-state index contributed by atoms with van der Waals surface area (Å²) in [5.41, 5.74) is 2.41. The summed E-state index contributed by atoms with van der Waals surface area (Å²) in [5.74, 6) is -0.781. The minimum Gasteiger partial charge on any atom is -0.478 e. The van der Waals surface area contributed by atoms with Gasteiger partial charge in [-0.05, 0) is 30.3 Å². The van der Waals surface area contributed by atoms with Crippen LogP contribution in [0.1, 0.15) is 11.7 Å². The topological polar surface area (TPSA) is 77.2 Å². The molecule has 7 heteroatoms. The zero-order valence-electron chi connectivity index (χ0n) is 14.0. The Kier molecular flexibility index (Phi) is 4.48. The largest absolute Gasteiger partial charge is 0.478 e. The first kappa shape index (κ1) is 17.1. The van der Waals surface area contributed by atoms with Crippen LogP contribution in [-0.4, -0.2) is 26.1 Å². The molecule has 4 rings (SSSR count). The molecule has 4 aromatic rings. The molecular weight excluding hydrogens is 366 g/mol. The number of benzene rings is 3. The van der Waals surface area contributed by atoms with Crippen molar-refractivity contribution in [2.45, 2.75) is 6.10 Å². The Morgan fingerprint density at radius 2 is 1.59 bits per heavy atom. The van der Waals surface area contributed by atoms with E-state index in [9.17, 15) is 9.90 Å². The third kappa shape index (κ3) is 3.47. The fourth-order valence-corrected chi connectivity index (χ4v) is 2.90. The molecule has 1 heterocycles. The van der Waals surface area contributed by atoms with Gasteiger partial charge in [-0.3, -0.25) is 0 Å². The molecule has 0 spiro atoms. The van der Waals surface area contributed by atoms with Crippen molar-refractivity contribution in [3.63, 3.8) is 0 Å². The van der Waals surface area contributed by atoms with Gasteiger partial charge in [-0.15, -0.1) is 15.0 Å². The van der Waals surface area contributed by atoms with Crippen LogP contribution in [0.4, 0.5) is 0 Å². The van der Waals surface area contributed by atoms with Gasteiger partial charge in [0.2, 0.25) is 6.10 Å². The number of carbonyl (C=O) groups is 1. The van der Waals surface area contributed by atoms with E-state index < -0.39 is 12.1 Å². The molecule has 27 heavy (non-hydrogen) atoms. The van der Waals surface area contributed by atoms with Crippen molar-refractivity contribution in [2.75, 3.05) is 0 Å². The minimum absolute atomic E-state index is 0.316. The Hall–Kier alpha value is -3.38. The van der Waals surface area contributed by atoms with Gasteiger partial charge < -0.3 is 9.84 Å². The number of hydrogen-bond acceptors (Lipinski definition) is 4. The van der Waals surface area contributed by atoms with Gasteiger partial charge in [0.1, 0.15) is 22.5 Å². The van der Waals surface area contributed by atoms with E-state index in [-0.39, 0.29) is 0 Å². The zero-order chi connectivity index (χ0) is 18.8. The fourth-order valence-electron chi connectivity index (χ4n) is 2.73. The van der Waals surface area contributed by atoms with E-state index in [0.717, 1.165) is 0 Å². The fraction of sp³-hybridized carbons (Fsp3) is 0.0500. The Morgan fingerprint density at radius 1 is 0.963 bits per heavy atom. The third-order valence-electron chi connectivity index (χ3n) is 3.99. The molecule has 0 fully saturated rings. The van der Waals surface area contributed by atoms with Gasteiger partial charge in [-0.25, -0.2) is 4.79 Å². The molecule has 1 aromatic heterocycles. The number of hydrogen-bond donors (Lipinski definition) is 1. The van der Waals surface area contributed by atoms with E-state index in [1.807, 2.05) is 30.3 Å². The maximum atomic E-state index is 11.8. The molecule has 6 nitrogen and oxygen atoms in total. The number of carboxylic acids is 1. The summed E-state index contributed by atoms with van der Waals surface area (Å²) in [7, 11) is 0. The van der Waals surface area contributed by atoms with Crippen molar-refractivity contribution in [3.8, 4) is 11.4 Å². The highest BCUT2D eigenvalue weighted by molar-refractivity contribution is 6.30. The van der Waals surface area contributed by atoms with Gasteiger partial charge in [-0.1, -0.05) is 54.1 Å². The second kappa shape index (κ2) is 7.09. The smallest absolute Gasteiger partial charge is 0.349 e. The molecule has 0 saturated carbocycles. The molecule has 0 radical (unpaired) electrons. The average Bonchev–Trinajstić information content (AvgIpc) is 3.11. The maximum Gasteiger partial charge on any atom is 0.349 e. The molecule has 0 saturated heterocycles. The summed E-state index contributed by atoms with van der Waals surface area (Å²) in [6.07, 6.45) is -1.17. The summed E-state index contributed by atoms with van der Waals surface area (Å²) in [4.78, 5) is 13.2. The molecule has 134 valence electrons. The number of aliphatic carboxylic acids is 1. The van der Waals surface area contributed by atoms with Crippen LogP contribution in [0.5, 0.6) is 5.75 Å². The van der Waals surface area contributed by atoms with Crippen molar-refractivity contribution >= 4 is 28.6 Å². The molecule has 1 N–H and O–H groups in total. The molecular formula is C20H14ClN3O3. The van der Waals surface area contributed by atoms with Crippen molar-refractivity contribution in [3.05, 3.63) is 83.4 Å². The lowest BCUT2D eigenvalue weighted by atomic mass is 10.1. The number of nitrogens with zero attached hydrogens (tertiary/aromatic N) is 3. The van der Waals surface area contributed by atoms with E-state index >= 15 is 0 Å². The lowest BCUT2D eigenvalue weighted by Gasteiger charge is -2.17. The number of aromatic nitrogens is 3. The van der Waals surface area contributed by atoms with Crippen LogP contribution in [0.2, 0.25) is 5.02 Å². The number of carboxylic acid groups (broad SMARTS) is 1. The highest BCUT2D eigenvalue weighted by Crippen LogP contribution is 2.30. The van der Waals surface area contributed by atoms with Crippen LogP contribution in [-0.2, 0) is 4.79 Å². The maximum absolute atomic E-state index is 11.8. The molecule has 3 aromatic carbocycles. The summed E-state index contributed by atoms with van der Waals surface area (Å²) < 4.78 is 5.84. The number of rotatable bonds is 5. The van der Waals surface area contributed by atoms with Gasteiger partial charge in [0, 0.05) is 10.6 Å². The summed E-state index contributed by atoms with van der Waals surface area (Å²) in [6.45, 7) is 0. The van der Waals surface area contributed by atoms with Crippen molar-refractivity contribution in [2.24, 2.45) is 0 Å². The molecule has 1 atom stereocenters. The summed E-state index contributed by atoms with van der Waals surface area (Å²) in [5, 5.41) is 19.0. The Balaban J connectivity index is 1.78. The number of halogens is 1. The molecule has 0 amide bonds. The zero-order valence-corrected chi connectivity index (χ0v) is 14.7. The first-order valence-electron chi connectivity index (χ1n) is 8.18. The average molecular weight is 380 g/mol. The molecule has 0 bridgehead atoms. The van der Waals surface area contributed by atoms with E-state index in [0.29, 0.717) is 33.1 Å². The monoisotopic (exact) mass is 379 g/mol.